The lowest BCUT2D eigenvalue weighted by Gasteiger charge is -2.20. The van der Waals surface area contributed by atoms with Crippen molar-refractivity contribution in [1.29, 1.82) is 0 Å². The average molecular weight is 145 g/mol. The minimum Gasteiger partial charge on any atom is -0.300 e. The van der Waals surface area contributed by atoms with Crippen molar-refractivity contribution in [2.75, 3.05) is 18.8 Å². The molecule has 1 rings (SSSR count). The molecule has 1 heterocycles. The van der Waals surface area contributed by atoms with E-state index in [0.717, 1.165) is 11.8 Å². The van der Waals surface area contributed by atoms with E-state index in [1.165, 1.54) is 25.9 Å². The summed E-state index contributed by atoms with van der Waals surface area (Å²) >= 11 is 4.29. The summed E-state index contributed by atoms with van der Waals surface area (Å²) in [5, 5.41) is 0. The second-order valence-corrected chi connectivity index (χ2v) is 2.97. The summed E-state index contributed by atoms with van der Waals surface area (Å²) in [4.78, 5) is 2.51. The topological polar surface area (TPSA) is 3.24 Å². The molecule has 0 amide bonds. The number of rotatable bonds is 2. The molecule has 0 bridgehead atoms. The number of likely N-dealkylation sites (tertiary alicyclic amines) is 1. The molecule has 0 aromatic rings. The Hall–Kier alpha value is 0.310. The lowest BCUT2D eigenvalue weighted by Crippen LogP contribution is -2.30. The van der Waals surface area contributed by atoms with Gasteiger partial charge in [0.05, 0.1) is 0 Å². The number of nitrogens with zero attached hydrogens (tertiary/aromatic N) is 1. The fourth-order valence-electron chi connectivity index (χ4n) is 1.52. The Morgan fingerprint density at radius 1 is 1.67 bits per heavy atom. The van der Waals surface area contributed by atoms with Gasteiger partial charge in [0.1, 0.15) is 0 Å². The zero-order valence-corrected chi connectivity index (χ0v) is 6.90. The van der Waals surface area contributed by atoms with Crippen LogP contribution in [0.5, 0.6) is 0 Å². The minimum atomic E-state index is 0.776. The van der Waals surface area contributed by atoms with Crippen LogP contribution in [0, 0.1) is 0 Å². The molecule has 0 radical (unpaired) electrons. The Morgan fingerprint density at radius 2 is 2.44 bits per heavy atom. The van der Waals surface area contributed by atoms with Gasteiger partial charge >= 0.3 is 0 Å². The highest BCUT2D eigenvalue weighted by Crippen LogP contribution is 2.16. The summed E-state index contributed by atoms with van der Waals surface area (Å²) in [7, 11) is 0. The molecule has 9 heavy (non-hydrogen) atoms. The van der Waals surface area contributed by atoms with Gasteiger partial charge in [-0.3, -0.25) is 4.90 Å². The van der Waals surface area contributed by atoms with Gasteiger partial charge in [0.15, 0.2) is 0 Å². The molecule has 1 fully saturated rings. The van der Waals surface area contributed by atoms with E-state index in [2.05, 4.69) is 24.5 Å². The van der Waals surface area contributed by atoms with Gasteiger partial charge in [0, 0.05) is 11.8 Å². The first-order chi connectivity index (χ1) is 4.38. The van der Waals surface area contributed by atoms with Crippen LogP contribution in [0.15, 0.2) is 0 Å². The molecule has 1 atom stereocenters. The second kappa shape index (κ2) is 3.47. The van der Waals surface area contributed by atoms with E-state index in [-0.39, 0.29) is 0 Å². The summed E-state index contributed by atoms with van der Waals surface area (Å²) in [5.41, 5.74) is 0. The van der Waals surface area contributed by atoms with Crippen molar-refractivity contribution in [3.05, 3.63) is 0 Å². The molecule has 1 unspecified atom stereocenters. The normalized spacial score (nSPS) is 29.3. The lowest BCUT2D eigenvalue weighted by molar-refractivity contribution is 0.288. The summed E-state index contributed by atoms with van der Waals surface area (Å²) in [6.45, 7) is 4.72. The monoisotopic (exact) mass is 145 g/mol. The van der Waals surface area contributed by atoms with E-state index < -0.39 is 0 Å². The highest BCUT2D eigenvalue weighted by Gasteiger charge is 2.20. The van der Waals surface area contributed by atoms with Crippen LogP contribution in [0.3, 0.4) is 0 Å². The molecule has 1 saturated heterocycles. The SMILES string of the molecule is CCN1CCCC1CS. The number of hydrogen-bond donors (Lipinski definition) is 1. The van der Waals surface area contributed by atoms with Crippen molar-refractivity contribution < 1.29 is 0 Å². The highest BCUT2D eigenvalue weighted by atomic mass is 32.1. The molecule has 0 N–H and O–H groups in total. The summed E-state index contributed by atoms with van der Waals surface area (Å²) in [6, 6.07) is 0.776. The van der Waals surface area contributed by atoms with Crippen molar-refractivity contribution in [3.63, 3.8) is 0 Å². The first-order valence-electron chi connectivity index (χ1n) is 3.73. The fourth-order valence-corrected chi connectivity index (χ4v) is 1.93. The standard InChI is InChI=1S/C7H15NS/c1-2-8-5-3-4-7(8)6-9/h7,9H,2-6H2,1H3. The largest absolute Gasteiger partial charge is 0.300 e. The average Bonchev–Trinajstić information content (AvgIpc) is 2.33. The zero-order valence-electron chi connectivity index (χ0n) is 6.01. The fraction of sp³-hybridized carbons (Fsp3) is 1.00. The van der Waals surface area contributed by atoms with Crippen LogP contribution in [0.25, 0.3) is 0 Å². The summed E-state index contributed by atoms with van der Waals surface area (Å²) in [6.07, 6.45) is 2.73. The van der Waals surface area contributed by atoms with Crippen LogP contribution in [-0.4, -0.2) is 29.8 Å². The van der Waals surface area contributed by atoms with Gasteiger partial charge in [-0.05, 0) is 25.9 Å². The third-order valence-electron chi connectivity index (χ3n) is 2.12. The Bertz CT molecular complexity index is 75.0. The van der Waals surface area contributed by atoms with Crippen molar-refractivity contribution in [2.45, 2.75) is 25.8 Å². The molecule has 0 saturated carbocycles. The van der Waals surface area contributed by atoms with Crippen molar-refractivity contribution in [2.24, 2.45) is 0 Å². The van der Waals surface area contributed by atoms with Crippen molar-refractivity contribution in [1.82, 2.24) is 4.90 Å². The van der Waals surface area contributed by atoms with Crippen LogP contribution >= 0.6 is 12.6 Å². The summed E-state index contributed by atoms with van der Waals surface area (Å²) in [5.74, 6) is 1.04. The third-order valence-corrected chi connectivity index (χ3v) is 2.54. The summed E-state index contributed by atoms with van der Waals surface area (Å²) < 4.78 is 0. The molecule has 1 nitrogen and oxygen atoms in total. The number of thiol groups is 1. The Kier molecular flexibility index (Phi) is 2.86. The highest BCUT2D eigenvalue weighted by molar-refractivity contribution is 7.80. The Labute approximate surface area is 62.8 Å². The zero-order chi connectivity index (χ0) is 6.69. The molecule has 1 aliphatic heterocycles. The molecule has 0 aliphatic carbocycles. The third kappa shape index (κ3) is 1.62. The van der Waals surface area contributed by atoms with Gasteiger partial charge < -0.3 is 0 Å². The van der Waals surface area contributed by atoms with E-state index >= 15 is 0 Å². The van der Waals surface area contributed by atoms with E-state index in [9.17, 15) is 0 Å². The molecule has 2 heteroatoms. The lowest BCUT2D eigenvalue weighted by atomic mass is 10.2. The second-order valence-electron chi connectivity index (χ2n) is 2.61. The van der Waals surface area contributed by atoms with Crippen LogP contribution in [0.2, 0.25) is 0 Å². The van der Waals surface area contributed by atoms with Gasteiger partial charge in [0.2, 0.25) is 0 Å². The maximum absolute atomic E-state index is 4.29. The molecule has 1 aliphatic rings. The van der Waals surface area contributed by atoms with Crippen molar-refractivity contribution >= 4 is 12.6 Å². The first kappa shape index (κ1) is 7.42. The maximum atomic E-state index is 4.29. The van der Waals surface area contributed by atoms with Crippen LogP contribution in [0.4, 0.5) is 0 Å². The number of hydrogen-bond acceptors (Lipinski definition) is 2. The first-order valence-corrected chi connectivity index (χ1v) is 4.36. The molecular weight excluding hydrogens is 130 g/mol. The van der Waals surface area contributed by atoms with Gasteiger partial charge in [-0.25, -0.2) is 0 Å². The molecule has 0 spiro atoms. The quantitative estimate of drug-likeness (QED) is 0.575. The smallest absolute Gasteiger partial charge is 0.0184 e. The van der Waals surface area contributed by atoms with E-state index in [1.54, 1.807) is 0 Å². The predicted molar refractivity (Wildman–Crippen MR) is 44.1 cm³/mol. The van der Waals surface area contributed by atoms with Gasteiger partial charge in [0.25, 0.3) is 0 Å². The Morgan fingerprint density at radius 3 is 2.89 bits per heavy atom. The predicted octanol–water partition coefficient (Wildman–Crippen LogP) is 1.40. The maximum Gasteiger partial charge on any atom is 0.0184 e. The van der Waals surface area contributed by atoms with E-state index in [1.807, 2.05) is 0 Å². The van der Waals surface area contributed by atoms with Crippen molar-refractivity contribution in [3.8, 4) is 0 Å². The van der Waals surface area contributed by atoms with Gasteiger partial charge in [-0.15, -0.1) is 0 Å². The van der Waals surface area contributed by atoms with Crippen LogP contribution in [0.1, 0.15) is 19.8 Å². The van der Waals surface area contributed by atoms with E-state index in [0.29, 0.717) is 0 Å². The van der Waals surface area contributed by atoms with E-state index in [4.69, 9.17) is 0 Å². The van der Waals surface area contributed by atoms with Gasteiger partial charge in [-0.2, -0.15) is 12.6 Å². The molecule has 0 aromatic heterocycles. The van der Waals surface area contributed by atoms with Crippen LogP contribution in [-0.2, 0) is 0 Å². The van der Waals surface area contributed by atoms with Crippen LogP contribution < -0.4 is 0 Å². The Balaban J connectivity index is 2.32. The van der Waals surface area contributed by atoms with Gasteiger partial charge in [-0.1, -0.05) is 6.92 Å². The molecule has 0 aromatic carbocycles. The molecular formula is C7H15NS. The molecule has 54 valence electrons. The minimum absolute atomic E-state index is 0.776.